The van der Waals surface area contributed by atoms with E-state index in [1.807, 2.05) is 13.8 Å². The smallest absolute Gasteiger partial charge is 0.246 e. The van der Waals surface area contributed by atoms with Crippen LogP contribution in [-0.2, 0) is 21.3 Å². The zero-order chi connectivity index (χ0) is 13.3. The third kappa shape index (κ3) is 2.50. The molecule has 2 rings (SSSR count). The fraction of sp³-hybridized carbons (Fsp3) is 0.700. The molecule has 1 aromatic heterocycles. The van der Waals surface area contributed by atoms with Crippen molar-refractivity contribution in [3.8, 4) is 0 Å². The van der Waals surface area contributed by atoms with Gasteiger partial charge < -0.3 is 10.5 Å². The largest absolute Gasteiger partial charge is 0.381 e. The molecule has 0 bridgehead atoms. The van der Waals surface area contributed by atoms with Crippen molar-refractivity contribution in [2.75, 3.05) is 12.3 Å². The molecule has 0 amide bonds. The molecule has 7 nitrogen and oxygen atoms in total. The van der Waals surface area contributed by atoms with E-state index >= 15 is 0 Å². The van der Waals surface area contributed by atoms with Crippen LogP contribution in [0, 0.1) is 0 Å². The van der Waals surface area contributed by atoms with Crippen molar-refractivity contribution in [3.63, 3.8) is 0 Å². The van der Waals surface area contributed by atoms with E-state index in [1.54, 1.807) is 0 Å². The van der Waals surface area contributed by atoms with Crippen molar-refractivity contribution in [1.82, 2.24) is 14.5 Å². The van der Waals surface area contributed by atoms with Crippen LogP contribution >= 0.6 is 0 Å². The van der Waals surface area contributed by atoms with Gasteiger partial charge in [-0.1, -0.05) is 0 Å². The Bertz CT molecular complexity index is 525. The third-order valence-electron chi connectivity index (χ3n) is 3.05. The van der Waals surface area contributed by atoms with Crippen LogP contribution in [0.2, 0.25) is 0 Å². The summed E-state index contributed by atoms with van der Waals surface area (Å²) in [6.45, 7) is 4.85. The highest BCUT2D eigenvalue weighted by atomic mass is 32.2. The normalized spacial score (nSPS) is 24.6. The number of hydrogen-bond acceptors (Lipinski definition) is 5. The Morgan fingerprint density at radius 3 is 2.89 bits per heavy atom. The average molecular weight is 274 g/mol. The SMILES string of the molecule is CCn1cc(S(=O)(=O)NC2CCOC2C)c(N)n1. The molecular weight excluding hydrogens is 256 g/mol. The summed E-state index contributed by atoms with van der Waals surface area (Å²) in [6, 6.07) is -0.209. The van der Waals surface area contributed by atoms with Gasteiger partial charge in [0.1, 0.15) is 4.90 Å². The standard InChI is InChI=1S/C10H18N4O3S/c1-3-14-6-9(10(11)12-14)18(15,16)13-8-4-5-17-7(8)2/h6-8,13H,3-5H2,1-2H3,(H2,11,12). The number of nitrogens with two attached hydrogens (primary N) is 1. The van der Waals surface area contributed by atoms with Gasteiger partial charge in [-0.25, -0.2) is 13.1 Å². The molecule has 0 saturated carbocycles. The molecule has 0 spiro atoms. The number of nitrogen functional groups attached to an aromatic ring is 1. The van der Waals surface area contributed by atoms with Crippen LogP contribution in [0.15, 0.2) is 11.1 Å². The first kappa shape index (κ1) is 13.3. The van der Waals surface area contributed by atoms with Gasteiger partial charge in [0.2, 0.25) is 10.0 Å². The van der Waals surface area contributed by atoms with Crippen molar-refractivity contribution in [2.24, 2.45) is 0 Å². The van der Waals surface area contributed by atoms with Crippen LogP contribution in [0.1, 0.15) is 20.3 Å². The topological polar surface area (TPSA) is 99.2 Å². The van der Waals surface area contributed by atoms with Gasteiger partial charge in [-0.05, 0) is 20.3 Å². The monoisotopic (exact) mass is 274 g/mol. The summed E-state index contributed by atoms with van der Waals surface area (Å²) in [4.78, 5) is 0.0310. The molecule has 18 heavy (non-hydrogen) atoms. The van der Waals surface area contributed by atoms with Gasteiger partial charge >= 0.3 is 0 Å². The van der Waals surface area contributed by atoms with E-state index in [0.717, 1.165) is 0 Å². The number of ether oxygens (including phenoxy) is 1. The number of aromatic nitrogens is 2. The number of aryl methyl sites for hydroxylation is 1. The quantitative estimate of drug-likeness (QED) is 0.801. The van der Waals surface area contributed by atoms with E-state index in [1.165, 1.54) is 10.9 Å². The van der Waals surface area contributed by atoms with Gasteiger partial charge in [0.25, 0.3) is 0 Å². The Labute approximate surface area is 106 Å². The molecular formula is C10H18N4O3S. The predicted molar refractivity (Wildman–Crippen MR) is 66.5 cm³/mol. The van der Waals surface area contributed by atoms with Gasteiger partial charge in [-0.15, -0.1) is 0 Å². The maximum absolute atomic E-state index is 12.2. The third-order valence-corrected chi connectivity index (χ3v) is 4.56. The minimum Gasteiger partial charge on any atom is -0.381 e. The second-order valence-electron chi connectivity index (χ2n) is 4.33. The number of anilines is 1. The van der Waals surface area contributed by atoms with Crippen molar-refractivity contribution < 1.29 is 13.2 Å². The molecule has 1 aliphatic heterocycles. The molecule has 1 aromatic rings. The molecule has 3 N–H and O–H groups in total. The lowest BCUT2D eigenvalue weighted by atomic mass is 10.2. The lowest BCUT2D eigenvalue weighted by molar-refractivity contribution is 0.117. The van der Waals surface area contributed by atoms with Crippen LogP contribution in [-0.4, -0.2) is 37.0 Å². The van der Waals surface area contributed by atoms with E-state index < -0.39 is 10.0 Å². The van der Waals surface area contributed by atoms with Crippen molar-refractivity contribution in [2.45, 2.75) is 43.9 Å². The molecule has 102 valence electrons. The molecule has 8 heteroatoms. The highest BCUT2D eigenvalue weighted by Crippen LogP contribution is 2.20. The van der Waals surface area contributed by atoms with E-state index in [0.29, 0.717) is 19.6 Å². The second-order valence-corrected chi connectivity index (χ2v) is 6.01. The minimum absolute atomic E-state index is 0.0240. The summed E-state index contributed by atoms with van der Waals surface area (Å²) < 4.78 is 33.8. The molecule has 0 aliphatic carbocycles. The molecule has 0 radical (unpaired) electrons. The Hall–Kier alpha value is -1.12. The second kappa shape index (κ2) is 4.87. The summed E-state index contributed by atoms with van der Waals surface area (Å²) >= 11 is 0. The first-order chi connectivity index (χ1) is 8.44. The van der Waals surface area contributed by atoms with E-state index in [-0.39, 0.29) is 22.9 Å². The molecule has 2 heterocycles. The fourth-order valence-corrected chi connectivity index (χ4v) is 3.35. The number of sulfonamides is 1. The lowest BCUT2D eigenvalue weighted by Crippen LogP contribution is -2.39. The minimum atomic E-state index is -3.63. The van der Waals surface area contributed by atoms with Crippen LogP contribution in [0.25, 0.3) is 0 Å². The summed E-state index contributed by atoms with van der Waals surface area (Å²) in [7, 11) is -3.63. The van der Waals surface area contributed by atoms with Gasteiger partial charge in [0.05, 0.1) is 12.1 Å². The Morgan fingerprint density at radius 2 is 2.39 bits per heavy atom. The molecule has 1 aliphatic rings. The maximum atomic E-state index is 12.2. The summed E-state index contributed by atoms with van der Waals surface area (Å²) in [5.74, 6) is 0.0240. The zero-order valence-corrected chi connectivity index (χ0v) is 11.3. The van der Waals surface area contributed by atoms with Crippen molar-refractivity contribution in [3.05, 3.63) is 6.20 Å². The highest BCUT2D eigenvalue weighted by molar-refractivity contribution is 7.89. The Morgan fingerprint density at radius 1 is 1.67 bits per heavy atom. The number of nitrogens with one attached hydrogen (secondary N) is 1. The van der Waals surface area contributed by atoms with Gasteiger partial charge in [0.15, 0.2) is 5.82 Å². The fourth-order valence-electron chi connectivity index (χ4n) is 1.94. The van der Waals surface area contributed by atoms with Gasteiger partial charge in [-0.3, -0.25) is 4.68 Å². The number of hydrogen-bond donors (Lipinski definition) is 2. The lowest BCUT2D eigenvalue weighted by Gasteiger charge is -2.15. The molecule has 2 unspecified atom stereocenters. The summed E-state index contributed by atoms with van der Waals surface area (Å²) in [5.41, 5.74) is 5.63. The van der Waals surface area contributed by atoms with Crippen molar-refractivity contribution >= 4 is 15.8 Å². The van der Waals surface area contributed by atoms with Crippen molar-refractivity contribution in [1.29, 1.82) is 0 Å². The van der Waals surface area contributed by atoms with Crippen LogP contribution < -0.4 is 10.5 Å². The van der Waals surface area contributed by atoms with Crippen LogP contribution in [0.3, 0.4) is 0 Å². The molecule has 1 saturated heterocycles. The zero-order valence-electron chi connectivity index (χ0n) is 10.5. The summed E-state index contributed by atoms with van der Waals surface area (Å²) in [5, 5.41) is 3.93. The van der Waals surface area contributed by atoms with E-state index in [2.05, 4.69) is 9.82 Å². The molecule has 1 fully saturated rings. The van der Waals surface area contributed by atoms with E-state index in [9.17, 15) is 8.42 Å². The van der Waals surface area contributed by atoms with Gasteiger partial charge in [0, 0.05) is 19.3 Å². The first-order valence-electron chi connectivity index (χ1n) is 5.91. The number of rotatable bonds is 4. The van der Waals surface area contributed by atoms with Crippen LogP contribution in [0.4, 0.5) is 5.82 Å². The first-order valence-corrected chi connectivity index (χ1v) is 7.39. The van der Waals surface area contributed by atoms with Gasteiger partial charge in [-0.2, -0.15) is 5.10 Å². The highest BCUT2D eigenvalue weighted by Gasteiger charge is 2.31. The van der Waals surface area contributed by atoms with E-state index in [4.69, 9.17) is 10.5 Å². The Kier molecular flexibility index (Phi) is 3.60. The number of nitrogens with zero attached hydrogens (tertiary/aromatic N) is 2. The predicted octanol–water partition coefficient (Wildman–Crippen LogP) is -0.0591. The average Bonchev–Trinajstić information content (AvgIpc) is 2.86. The summed E-state index contributed by atoms with van der Waals surface area (Å²) in [6.07, 6.45) is 1.99. The Balaban J connectivity index is 2.22. The van der Waals surface area contributed by atoms with Crippen LogP contribution in [0.5, 0.6) is 0 Å². The molecule has 2 atom stereocenters. The maximum Gasteiger partial charge on any atom is 0.246 e. The molecule has 0 aromatic carbocycles.